The molecule has 1 aliphatic rings. The lowest BCUT2D eigenvalue weighted by molar-refractivity contribution is -0.128. The highest BCUT2D eigenvalue weighted by Crippen LogP contribution is 2.24. The van der Waals surface area contributed by atoms with E-state index < -0.39 is 0 Å². The molecule has 2 amide bonds. The maximum absolute atomic E-state index is 13.0. The van der Waals surface area contributed by atoms with Gasteiger partial charge < -0.3 is 15.0 Å². The number of likely N-dealkylation sites (tertiary alicyclic amines) is 1. The van der Waals surface area contributed by atoms with Crippen molar-refractivity contribution in [3.63, 3.8) is 0 Å². The number of aromatic nitrogens is 3. The zero-order valence-corrected chi connectivity index (χ0v) is 18.4. The van der Waals surface area contributed by atoms with Crippen LogP contribution in [0.15, 0.2) is 54.7 Å². The first kappa shape index (κ1) is 22.4. The van der Waals surface area contributed by atoms with Crippen LogP contribution in [0, 0.1) is 11.7 Å². The molecule has 1 atom stereocenters. The largest absolute Gasteiger partial charge is 0.494 e. The first-order chi connectivity index (χ1) is 16.0. The van der Waals surface area contributed by atoms with Crippen LogP contribution in [0.4, 0.5) is 4.39 Å². The van der Waals surface area contributed by atoms with Crippen molar-refractivity contribution < 1.29 is 18.7 Å². The Labute approximate surface area is 191 Å². The molecule has 0 aliphatic carbocycles. The molecular weight excluding hydrogens is 425 g/mol. The van der Waals surface area contributed by atoms with Crippen LogP contribution < -0.4 is 10.1 Å². The normalized spacial score (nSPS) is 15.6. The Balaban J connectivity index is 1.28. The number of hydrogen-bond acceptors (Lipinski definition) is 5. The molecule has 3 aromatic rings. The SMILES string of the molecule is CCOc1ccccc1CN1CC(CNC(=O)c2cn(Cc3ccc(F)cc3)nn2)CC1=O. The third kappa shape index (κ3) is 5.74. The highest BCUT2D eigenvalue weighted by molar-refractivity contribution is 5.91. The standard InChI is InChI=1S/C24H26FN5O3/c1-2-33-22-6-4-3-5-19(22)15-29-13-18(11-23(29)31)12-26-24(32)21-16-30(28-27-21)14-17-7-9-20(25)10-8-17/h3-10,16,18H,2,11-15H2,1H3,(H,26,32). The lowest BCUT2D eigenvalue weighted by Crippen LogP contribution is -2.31. The van der Waals surface area contributed by atoms with Crippen molar-refractivity contribution in [2.75, 3.05) is 19.7 Å². The van der Waals surface area contributed by atoms with Gasteiger partial charge in [-0.05, 0) is 30.7 Å². The van der Waals surface area contributed by atoms with E-state index in [4.69, 9.17) is 4.74 Å². The summed E-state index contributed by atoms with van der Waals surface area (Å²) < 4.78 is 20.2. The fourth-order valence-corrected chi connectivity index (χ4v) is 3.86. The van der Waals surface area contributed by atoms with Gasteiger partial charge in [-0.3, -0.25) is 9.59 Å². The molecule has 2 heterocycles. The second-order valence-electron chi connectivity index (χ2n) is 8.02. The van der Waals surface area contributed by atoms with Crippen LogP contribution >= 0.6 is 0 Å². The quantitative estimate of drug-likeness (QED) is 0.540. The first-order valence-corrected chi connectivity index (χ1v) is 10.9. The van der Waals surface area contributed by atoms with E-state index >= 15 is 0 Å². The highest BCUT2D eigenvalue weighted by atomic mass is 19.1. The van der Waals surface area contributed by atoms with Gasteiger partial charge in [0.1, 0.15) is 11.6 Å². The molecule has 1 aliphatic heterocycles. The van der Waals surface area contributed by atoms with Crippen LogP contribution in [0.3, 0.4) is 0 Å². The summed E-state index contributed by atoms with van der Waals surface area (Å²) in [7, 11) is 0. The smallest absolute Gasteiger partial charge is 0.273 e. The lowest BCUT2D eigenvalue weighted by Gasteiger charge is -2.19. The third-order valence-corrected chi connectivity index (χ3v) is 5.51. The number of para-hydroxylation sites is 1. The van der Waals surface area contributed by atoms with E-state index in [2.05, 4.69) is 15.6 Å². The molecule has 9 heteroatoms. The van der Waals surface area contributed by atoms with Gasteiger partial charge in [0.05, 0.1) is 19.3 Å². The van der Waals surface area contributed by atoms with Crippen LogP contribution in [-0.4, -0.2) is 51.4 Å². The van der Waals surface area contributed by atoms with E-state index in [9.17, 15) is 14.0 Å². The Morgan fingerprint density at radius 2 is 1.97 bits per heavy atom. The minimum Gasteiger partial charge on any atom is -0.494 e. The molecule has 1 unspecified atom stereocenters. The molecule has 8 nitrogen and oxygen atoms in total. The fourth-order valence-electron chi connectivity index (χ4n) is 3.86. The van der Waals surface area contributed by atoms with Gasteiger partial charge in [0.15, 0.2) is 5.69 Å². The van der Waals surface area contributed by atoms with Gasteiger partial charge in [-0.1, -0.05) is 35.5 Å². The third-order valence-electron chi connectivity index (χ3n) is 5.51. The van der Waals surface area contributed by atoms with Crippen molar-refractivity contribution in [3.8, 4) is 5.75 Å². The summed E-state index contributed by atoms with van der Waals surface area (Å²) in [5, 5.41) is 10.7. The zero-order valence-electron chi connectivity index (χ0n) is 18.4. The number of ether oxygens (including phenoxy) is 1. The summed E-state index contributed by atoms with van der Waals surface area (Å²) in [6.45, 7) is 4.30. The maximum Gasteiger partial charge on any atom is 0.273 e. The zero-order chi connectivity index (χ0) is 23.2. The summed E-state index contributed by atoms with van der Waals surface area (Å²) >= 11 is 0. The molecule has 33 heavy (non-hydrogen) atoms. The Kier molecular flexibility index (Phi) is 6.97. The number of nitrogens with one attached hydrogen (secondary N) is 1. The van der Waals surface area contributed by atoms with E-state index in [0.717, 1.165) is 16.9 Å². The van der Waals surface area contributed by atoms with Gasteiger partial charge in [0, 0.05) is 37.5 Å². The molecule has 0 spiro atoms. The number of carbonyl (C=O) groups excluding carboxylic acids is 2. The van der Waals surface area contributed by atoms with Crippen molar-refractivity contribution in [2.45, 2.75) is 26.4 Å². The van der Waals surface area contributed by atoms with Crippen molar-refractivity contribution in [3.05, 3.63) is 77.4 Å². The van der Waals surface area contributed by atoms with Crippen molar-refractivity contribution in [2.24, 2.45) is 5.92 Å². The van der Waals surface area contributed by atoms with E-state index in [1.165, 1.54) is 16.8 Å². The minimum atomic E-state index is -0.340. The van der Waals surface area contributed by atoms with E-state index in [-0.39, 0.29) is 29.2 Å². The summed E-state index contributed by atoms with van der Waals surface area (Å²) in [6, 6.07) is 13.8. The molecule has 1 N–H and O–H groups in total. The average Bonchev–Trinajstić information content (AvgIpc) is 3.42. The van der Waals surface area contributed by atoms with Gasteiger partial charge in [-0.2, -0.15) is 0 Å². The van der Waals surface area contributed by atoms with E-state index in [1.807, 2.05) is 31.2 Å². The van der Waals surface area contributed by atoms with Gasteiger partial charge >= 0.3 is 0 Å². The van der Waals surface area contributed by atoms with Crippen molar-refractivity contribution >= 4 is 11.8 Å². The van der Waals surface area contributed by atoms with Crippen LogP contribution in [0.5, 0.6) is 5.75 Å². The summed E-state index contributed by atoms with van der Waals surface area (Å²) in [4.78, 5) is 26.8. The number of nitrogens with zero attached hydrogens (tertiary/aromatic N) is 4. The predicted molar refractivity (Wildman–Crippen MR) is 119 cm³/mol. The van der Waals surface area contributed by atoms with Crippen LogP contribution in [0.2, 0.25) is 0 Å². The molecule has 0 saturated carbocycles. The van der Waals surface area contributed by atoms with E-state index in [0.29, 0.717) is 39.2 Å². The molecule has 0 bridgehead atoms. The second kappa shape index (κ2) is 10.2. The van der Waals surface area contributed by atoms with Gasteiger partial charge in [0.2, 0.25) is 5.91 Å². The molecule has 172 valence electrons. The topological polar surface area (TPSA) is 89.3 Å². The van der Waals surface area contributed by atoms with Gasteiger partial charge in [0.25, 0.3) is 5.91 Å². The van der Waals surface area contributed by atoms with E-state index in [1.54, 1.807) is 23.2 Å². The molecule has 2 aromatic carbocycles. The maximum atomic E-state index is 13.0. The monoisotopic (exact) mass is 451 g/mol. The Bertz CT molecular complexity index is 1120. The van der Waals surface area contributed by atoms with Crippen LogP contribution in [0.1, 0.15) is 35.0 Å². The van der Waals surface area contributed by atoms with Crippen molar-refractivity contribution in [1.82, 2.24) is 25.2 Å². The van der Waals surface area contributed by atoms with Gasteiger partial charge in [-0.15, -0.1) is 5.10 Å². The fraction of sp³-hybridized carbons (Fsp3) is 0.333. The Hall–Kier alpha value is -3.75. The Morgan fingerprint density at radius 1 is 1.18 bits per heavy atom. The number of amides is 2. The molecule has 1 aromatic heterocycles. The second-order valence-corrected chi connectivity index (χ2v) is 8.02. The number of halogens is 1. The number of hydrogen-bond donors (Lipinski definition) is 1. The molecule has 1 saturated heterocycles. The molecule has 4 rings (SSSR count). The first-order valence-electron chi connectivity index (χ1n) is 10.9. The molecule has 1 fully saturated rings. The highest BCUT2D eigenvalue weighted by Gasteiger charge is 2.30. The average molecular weight is 452 g/mol. The van der Waals surface area contributed by atoms with Crippen LogP contribution in [-0.2, 0) is 17.9 Å². The van der Waals surface area contributed by atoms with Gasteiger partial charge in [-0.25, -0.2) is 9.07 Å². The number of carbonyl (C=O) groups is 2. The number of rotatable bonds is 9. The van der Waals surface area contributed by atoms with Crippen LogP contribution in [0.25, 0.3) is 0 Å². The number of benzene rings is 2. The van der Waals surface area contributed by atoms with Crippen molar-refractivity contribution in [1.29, 1.82) is 0 Å². The summed E-state index contributed by atoms with van der Waals surface area (Å²) in [5.74, 6) is 0.224. The molecular formula is C24H26FN5O3. The minimum absolute atomic E-state index is 0.0231. The summed E-state index contributed by atoms with van der Waals surface area (Å²) in [6.07, 6.45) is 1.93. The molecule has 0 radical (unpaired) electrons. The predicted octanol–water partition coefficient (Wildman–Crippen LogP) is 2.64. The Morgan fingerprint density at radius 3 is 2.76 bits per heavy atom. The lowest BCUT2D eigenvalue weighted by atomic mass is 10.1. The summed E-state index contributed by atoms with van der Waals surface area (Å²) in [5.41, 5.74) is 2.02.